The van der Waals surface area contributed by atoms with E-state index in [2.05, 4.69) is 0 Å². The van der Waals surface area contributed by atoms with Crippen molar-refractivity contribution in [2.75, 3.05) is 13.2 Å². The fourth-order valence-corrected chi connectivity index (χ4v) is 0.788. The maximum atomic E-state index is 5.71. The Bertz CT molecular complexity index is 78.5. The molecule has 0 aromatic carbocycles. The average molecular weight is 137 g/mol. The zero-order valence-corrected chi connectivity index (χ0v) is 5.57. The molecule has 0 amide bonds. The molecule has 0 aromatic rings. The van der Waals surface area contributed by atoms with Gasteiger partial charge in [0.15, 0.2) is 0 Å². The fraction of sp³-hybridized carbons (Fsp3) is 1.00. The predicted molar refractivity (Wildman–Crippen MR) is 30.8 cm³/mol. The zero-order valence-electron chi connectivity index (χ0n) is 4.82. The van der Waals surface area contributed by atoms with Crippen molar-refractivity contribution in [3.05, 3.63) is 0 Å². The maximum absolute atomic E-state index is 5.71. The summed E-state index contributed by atoms with van der Waals surface area (Å²) >= 11 is 5.71. The van der Waals surface area contributed by atoms with Crippen molar-refractivity contribution >= 4 is 11.6 Å². The minimum absolute atomic E-state index is 0.622. The molecule has 1 saturated heterocycles. The third-order valence-electron chi connectivity index (χ3n) is 1.14. The first-order valence-corrected chi connectivity index (χ1v) is 3.11. The summed E-state index contributed by atoms with van der Waals surface area (Å²) in [5.41, 5.74) is 0. The molecule has 48 valence electrons. The molecule has 0 unspecified atom stereocenters. The van der Waals surface area contributed by atoms with Crippen LogP contribution < -0.4 is 0 Å². The molecule has 0 aliphatic carbocycles. The Kier molecular flexibility index (Phi) is 1.75. The van der Waals surface area contributed by atoms with Gasteiger partial charge in [0.05, 0.1) is 13.2 Å². The van der Waals surface area contributed by atoms with Gasteiger partial charge in [0.2, 0.25) is 5.25 Å². The molecular formula is C5H9ClO2. The molecule has 1 aliphatic heterocycles. The van der Waals surface area contributed by atoms with Crippen LogP contribution in [0.2, 0.25) is 0 Å². The van der Waals surface area contributed by atoms with Crippen LogP contribution in [0, 0.1) is 0 Å². The van der Waals surface area contributed by atoms with Crippen molar-refractivity contribution in [3.8, 4) is 0 Å². The minimum atomic E-state index is -0.792. The quantitative estimate of drug-likeness (QED) is 0.507. The van der Waals surface area contributed by atoms with E-state index in [4.69, 9.17) is 21.1 Å². The van der Waals surface area contributed by atoms with Crippen LogP contribution in [-0.4, -0.2) is 18.5 Å². The second kappa shape index (κ2) is 2.21. The second-order valence-electron chi connectivity index (χ2n) is 1.71. The van der Waals surface area contributed by atoms with Crippen LogP contribution in [0.1, 0.15) is 13.3 Å². The summed E-state index contributed by atoms with van der Waals surface area (Å²) in [6.07, 6.45) is 0.703. The van der Waals surface area contributed by atoms with Gasteiger partial charge in [-0.05, 0) is 0 Å². The molecule has 1 aliphatic rings. The third kappa shape index (κ3) is 1.13. The fourth-order valence-electron chi connectivity index (χ4n) is 0.634. The Labute approximate surface area is 53.7 Å². The number of rotatable bonds is 1. The van der Waals surface area contributed by atoms with Crippen LogP contribution in [0.15, 0.2) is 0 Å². The summed E-state index contributed by atoms with van der Waals surface area (Å²) in [5.74, 6) is 0. The SMILES string of the molecule is CCC1(Cl)OCCO1. The molecule has 0 spiro atoms. The first kappa shape index (κ1) is 6.33. The van der Waals surface area contributed by atoms with Crippen molar-refractivity contribution in [1.29, 1.82) is 0 Å². The van der Waals surface area contributed by atoms with Crippen LogP contribution in [0.4, 0.5) is 0 Å². The number of halogens is 1. The molecule has 0 saturated carbocycles. The van der Waals surface area contributed by atoms with Crippen LogP contribution >= 0.6 is 11.6 Å². The first-order valence-electron chi connectivity index (χ1n) is 2.74. The van der Waals surface area contributed by atoms with E-state index in [0.717, 1.165) is 0 Å². The monoisotopic (exact) mass is 136 g/mol. The van der Waals surface area contributed by atoms with Gasteiger partial charge in [0.25, 0.3) is 0 Å². The Balaban J connectivity index is 2.40. The van der Waals surface area contributed by atoms with E-state index in [1.807, 2.05) is 6.92 Å². The summed E-state index contributed by atoms with van der Waals surface area (Å²) in [6.45, 7) is 3.17. The van der Waals surface area contributed by atoms with Crippen molar-refractivity contribution in [3.63, 3.8) is 0 Å². The molecule has 3 heteroatoms. The standard InChI is InChI=1S/C5H9ClO2/c1-2-5(6)7-3-4-8-5/h2-4H2,1H3. The van der Waals surface area contributed by atoms with Gasteiger partial charge in [0.1, 0.15) is 0 Å². The van der Waals surface area contributed by atoms with Crippen molar-refractivity contribution in [2.24, 2.45) is 0 Å². The van der Waals surface area contributed by atoms with Crippen LogP contribution in [0.3, 0.4) is 0 Å². The molecule has 0 bridgehead atoms. The van der Waals surface area contributed by atoms with Crippen LogP contribution in [0.25, 0.3) is 0 Å². The van der Waals surface area contributed by atoms with E-state index in [-0.39, 0.29) is 0 Å². The topological polar surface area (TPSA) is 18.5 Å². The molecule has 0 atom stereocenters. The van der Waals surface area contributed by atoms with Crippen LogP contribution in [-0.2, 0) is 9.47 Å². The second-order valence-corrected chi connectivity index (χ2v) is 2.29. The number of hydrogen-bond donors (Lipinski definition) is 0. The highest BCUT2D eigenvalue weighted by atomic mass is 35.5. The van der Waals surface area contributed by atoms with E-state index in [0.29, 0.717) is 19.6 Å². The zero-order chi connectivity index (χ0) is 6.04. The van der Waals surface area contributed by atoms with Gasteiger partial charge in [-0.3, -0.25) is 0 Å². The number of ether oxygens (including phenoxy) is 2. The smallest absolute Gasteiger partial charge is 0.248 e. The van der Waals surface area contributed by atoms with E-state index < -0.39 is 5.25 Å². The van der Waals surface area contributed by atoms with Crippen molar-refractivity contribution < 1.29 is 9.47 Å². The highest BCUT2D eigenvalue weighted by Crippen LogP contribution is 2.26. The van der Waals surface area contributed by atoms with Crippen molar-refractivity contribution in [2.45, 2.75) is 18.6 Å². The minimum Gasteiger partial charge on any atom is -0.335 e. The van der Waals surface area contributed by atoms with Gasteiger partial charge < -0.3 is 9.47 Å². The lowest BCUT2D eigenvalue weighted by Gasteiger charge is -2.15. The molecular weight excluding hydrogens is 128 g/mol. The Morgan fingerprint density at radius 2 is 2.00 bits per heavy atom. The molecule has 0 radical (unpaired) electrons. The van der Waals surface area contributed by atoms with Crippen LogP contribution in [0.5, 0.6) is 0 Å². The Hall–Kier alpha value is 0.210. The molecule has 8 heavy (non-hydrogen) atoms. The lowest BCUT2D eigenvalue weighted by Crippen LogP contribution is -2.19. The molecule has 1 heterocycles. The highest BCUT2D eigenvalue weighted by molar-refractivity contribution is 6.21. The number of hydrogen-bond acceptors (Lipinski definition) is 2. The van der Waals surface area contributed by atoms with E-state index in [1.54, 1.807) is 0 Å². The predicted octanol–water partition coefficient (Wildman–Crippen LogP) is 1.34. The molecule has 2 nitrogen and oxygen atoms in total. The first-order chi connectivity index (χ1) is 3.77. The lowest BCUT2D eigenvalue weighted by atomic mass is 10.5. The normalized spacial score (nSPS) is 26.2. The summed E-state index contributed by atoms with van der Waals surface area (Å²) in [4.78, 5) is 0. The Morgan fingerprint density at radius 3 is 2.25 bits per heavy atom. The summed E-state index contributed by atoms with van der Waals surface area (Å²) in [5, 5.41) is -0.792. The largest absolute Gasteiger partial charge is 0.335 e. The van der Waals surface area contributed by atoms with E-state index >= 15 is 0 Å². The Morgan fingerprint density at radius 1 is 1.50 bits per heavy atom. The maximum Gasteiger partial charge on any atom is 0.248 e. The third-order valence-corrected chi connectivity index (χ3v) is 1.63. The van der Waals surface area contributed by atoms with Gasteiger partial charge >= 0.3 is 0 Å². The summed E-state index contributed by atoms with van der Waals surface area (Å²) in [7, 11) is 0. The van der Waals surface area contributed by atoms with Gasteiger partial charge in [-0.25, -0.2) is 0 Å². The molecule has 1 rings (SSSR count). The summed E-state index contributed by atoms with van der Waals surface area (Å²) in [6, 6.07) is 0. The van der Waals surface area contributed by atoms with E-state index in [9.17, 15) is 0 Å². The highest BCUT2D eigenvalue weighted by Gasteiger charge is 2.31. The molecule has 0 aromatic heterocycles. The summed E-state index contributed by atoms with van der Waals surface area (Å²) < 4.78 is 10.1. The lowest BCUT2D eigenvalue weighted by molar-refractivity contribution is -0.0854. The van der Waals surface area contributed by atoms with Crippen molar-refractivity contribution in [1.82, 2.24) is 0 Å². The molecule has 1 fully saturated rings. The van der Waals surface area contributed by atoms with Gasteiger partial charge in [0, 0.05) is 6.42 Å². The van der Waals surface area contributed by atoms with E-state index in [1.165, 1.54) is 0 Å². The number of alkyl halides is 1. The van der Waals surface area contributed by atoms with Gasteiger partial charge in [-0.1, -0.05) is 18.5 Å². The average Bonchev–Trinajstić information content (AvgIpc) is 2.17. The van der Waals surface area contributed by atoms with Gasteiger partial charge in [-0.15, -0.1) is 0 Å². The van der Waals surface area contributed by atoms with Gasteiger partial charge in [-0.2, -0.15) is 0 Å². The molecule has 0 N–H and O–H groups in total.